The van der Waals surface area contributed by atoms with Crippen molar-refractivity contribution in [3.05, 3.63) is 36.7 Å². The van der Waals surface area contributed by atoms with E-state index in [1.165, 1.54) is 11.8 Å². The minimum atomic E-state index is -0.247. The normalized spacial score (nSPS) is 23.2. The molecule has 2 atom stereocenters. The van der Waals surface area contributed by atoms with Crippen molar-refractivity contribution in [2.45, 2.75) is 50.2 Å². The minimum Gasteiger partial charge on any atom is -0.462 e. The average molecular weight is 359 g/mol. The molecule has 1 aliphatic rings. The summed E-state index contributed by atoms with van der Waals surface area (Å²) in [5.41, 5.74) is 1.51. The van der Waals surface area contributed by atoms with Crippen LogP contribution >= 0.6 is 11.8 Å². The third-order valence-electron chi connectivity index (χ3n) is 3.83. The lowest BCUT2D eigenvalue weighted by Gasteiger charge is -2.31. The molecule has 6 nitrogen and oxygen atoms in total. The second-order valence-corrected chi connectivity index (χ2v) is 7.01. The third kappa shape index (κ3) is 5.24. The Morgan fingerprint density at radius 1 is 1.16 bits per heavy atom. The zero-order valence-corrected chi connectivity index (χ0v) is 15.1. The van der Waals surface area contributed by atoms with Crippen LogP contribution in [0.4, 0.5) is 0 Å². The molecular weight excluding hydrogens is 338 g/mol. The van der Waals surface area contributed by atoms with Gasteiger partial charge in [-0.3, -0.25) is 9.78 Å². The molecule has 0 N–H and O–H groups in total. The molecule has 2 aromatic heterocycles. The number of aromatic nitrogens is 3. The molecule has 1 fully saturated rings. The highest BCUT2D eigenvalue weighted by molar-refractivity contribution is 7.99. The van der Waals surface area contributed by atoms with E-state index < -0.39 is 0 Å². The molecule has 25 heavy (non-hydrogen) atoms. The first-order valence-corrected chi connectivity index (χ1v) is 9.31. The molecule has 1 saturated heterocycles. The molecular formula is C18H21N3O3S. The minimum absolute atomic E-state index is 0.0763. The molecule has 0 saturated carbocycles. The molecule has 132 valence electrons. The van der Waals surface area contributed by atoms with Gasteiger partial charge in [0.2, 0.25) is 0 Å². The molecule has 0 aromatic carbocycles. The zero-order valence-electron chi connectivity index (χ0n) is 14.3. The SMILES string of the molecule is CC1CC(OC(=O)CSc2nccc(-c3ccccn3)n2)CC(C)O1. The summed E-state index contributed by atoms with van der Waals surface area (Å²) in [5.74, 6) is -0.0608. The Morgan fingerprint density at radius 2 is 1.96 bits per heavy atom. The molecule has 0 spiro atoms. The zero-order chi connectivity index (χ0) is 17.6. The van der Waals surface area contributed by atoms with Crippen molar-refractivity contribution in [3.63, 3.8) is 0 Å². The van der Waals surface area contributed by atoms with Crippen LogP contribution in [0, 0.1) is 0 Å². The molecule has 2 unspecified atom stereocenters. The number of thioether (sulfide) groups is 1. The lowest BCUT2D eigenvalue weighted by molar-refractivity contribution is -0.156. The van der Waals surface area contributed by atoms with Crippen LogP contribution in [-0.4, -0.2) is 45.0 Å². The van der Waals surface area contributed by atoms with Gasteiger partial charge in [0.25, 0.3) is 0 Å². The van der Waals surface area contributed by atoms with E-state index in [1.807, 2.05) is 32.0 Å². The molecule has 0 radical (unpaired) electrons. The van der Waals surface area contributed by atoms with Gasteiger partial charge in [-0.15, -0.1) is 0 Å². The summed E-state index contributed by atoms with van der Waals surface area (Å²) < 4.78 is 11.2. The maximum atomic E-state index is 12.1. The van der Waals surface area contributed by atoms with E-state index in [1.54, 1.807) is 18.5 Å². The Morgan fingerprint density at radius 3 is 2.68 bits per heavy atom. The van der Waals surface area contributed by atoms with E-state index >= 15 is 0 Å². The van der Waals surface area contributed by atoms with Gasteiger partial charge in [0, 0.05) is 25.2 Å². The topological polar surface area (TPSA) is 74.2 Å². The highest BCUT2D eigenvalue weighted by Crippen LogP contribution is 2.23. The Labute approximate surface area is 151 Å². The Bertz CT molecular complexity index is 704. The van der Waals surface area contributed by atoms with Gasteiger partial charge in [-0.25, -0.2) is 9.97 Å². The molecule has 1 aliphatic heterocycles. The second kappa shape index (κ2) is 8.40. The lowest BCUT2D eigenvalue weighted by atomic mass is 10.0. The largest absolute Gasteiger partial charge is 0.462 e. The Kier molecular flexibility index (Phi) is 5.99. The van der Waals surface area contributed by atoms with Gasteiger partial charge < -0.3 is 9.47 Å². The summed E-state index contributed by atoms with van der Waals surface area (Å²) in [5, 5.41) is 0.536. The number of rotatable bonds is 5. The van der Waals surface area contributed by atoms with Crippen LogP contribution in [-0.2, 0) is 14.3 Å². The summed E-state index contributed by atoms with van der Waals surface area (Å²) >= 11 is 1.27. The monoisotopic (exact) mass is 359 g/mol. The third-order valence-corrected chi connectivity index (χ3v) is 4.67. The number of carbonyl (C=O) groups excluding carboxylic acids is 1. The molecule has 3 heterocycles. The van der Waals surface area contributed by atoms with Crippen molar-refractivity contribution in [1.82, 2.24) is 15.0 Å². The van der Waals surface area contributed by atoms with Crippen molar-refractivity contribution in [3.8, 4) is 11.4 Å². The van der Waals surface area contributed by atoms with Gasteiger partial charge in [0.15, 0.2) is 5.16 Å². The second-order valence-electron chi connectivity index (χ2n) is 6.07. The molecule has 3 rings (SSSR count). The Balaban J connectivity index is 1.54. The van der Waals surface area contributed by atoms with E-state index in [0.29, 0.717) is 5.16 Å². The van der Waals surface area contributed by atoms with Gasteiger partial charge in [-0.05, 0) is 32.0 Å². The number of hydrogen-bond donors (Lipinski definition) is 0. The van der Waals surface area contributed by atoms with Gasteiger partial charge in [0.05, 0.1) is 29.3 Å². The predicted molar refractivity (Wildman–Crippen MR) is 95.1 cm³/mol. The van der Waals surface area contributed by atoms with Crippen LogP contribution in [0.2, 0.25) is 0 Å². The fourth-order valence-corrected chi connectivity index (χ4v) is 3.46. The van der Waals surface area contributed by atoms with Crippen LogP contribution in [0.5, 0.6) is 0 Å². The first-order valence-electron chi connectivity index (χ1n) is 8.32. The molecule has 0 aliphatic carbocycles. The van der Waals surface area contributed by atoms with Crippen molar-refractivity contribution >= 4 is 17.7 Å². The van der Waals surface area contributed by atoms with Gasteiger partial charge in [-0.2, -0.15) is 0 Å². The molecule has 0 bridgehead atoms. The number of hydrogen-bond acceptors (Lipinski definition) is 7. The smallest absolute Gasteiger partial charge is 0.316 e. The van der Waals surface area contributed by atoms with Crippen LogP contribution in [0.1, 0.15) is 26.7 Å². The summed E-state index contributed by atoms with van der Waals surface area (Å²) in [6, 6.07) is 7.45. The predicted octanol–water partition coefficient (Wildman–Crippen LogP) is 3.13. The first-order chi connectivity index (χ1) is 12.1. The summed E-state index contributed by atoms with van der Waals surface area (Å²) in [7, 11) is 0. The average Bonchev–Trinajstić information content (AvgIpc) is 2.60. The van der Waals surface area contributed by atoms with E-state index in [0.717, 1.165) is 24.2 Å². The van der Waals surface area contributed by atoms with Gasteiger partial charge in [0.1, 0.15) is 6.10 Å². The van der Waals surface area contributed by atoms with Crippen LogP contribution in [0.15, 0.2) is 41.8 Å². The maximum absolute atomic E-state index is 12.1. The fraction of sp³-hybridized carbons (Fsp3) is 0.444. The maximum Gasteiger partial charge on any atom is 0.316 e. The first kappa shape index (κ1) is 17.8. The van der Waals surface area contributed by atoms with E-state index in [-0.39, 0.29) is 30.0 Å². The van der Waals surface area contributed by atoms with Crippen LogP contribution < -0.4 is 0 Å². The van der Waals surface area contributed by atoms with Crippen molar-refractivity contribution in [2.75, 3.05) is 5.75 Å². The van der Waals surface area contributed by atoms with Crippen LogP contribution in [0.25, 0.3) is 11.4 Å². The number of esters is 1. The van der Waals surface area contributed by atoms with Crippen LogP contribution in [0.3, 0.4) is 0 Å². The number of nitrogens with zero attached hydrogens (tertiary/aromatic N) is 3. The van der Waals surface area contributed by atoms with Gasteiger partial charge in [-0.1, -0.05) is 17.8 Å². The lowest BCUT2D eigenvalue weighted by Crippen LogP contribution is -2.35. The van der Waals surface area contributed by atoms with E-state index in [4.69, 9.17) is 9.47 Å². The number of ether oxygens (including phenoxy) is 2. The highest BCUT2D eigenvalue weighted by atomic mass is 32.2. The number of carbonyl (C=O) groups is 1. The standard InChI is InChI=1S/C18H21N3O3S/c1-12-9-14(10-13(2)23-12)24-17(22)11-25-18-20-8-6-16(21-18)15-5-3-4-7-19-15/h3-8,12-14H,9-11H2,1-2H3. The fourth-order valence-electron chi connectivity index (χ4n) is 2.85. The van der Waals surface area contributed by atoms with Crippen molar-refractivity contribution in [1.29, 1.82) is 0 Å². The molecule has 7 heteroatoms. The summed E-state index contributed by atoms with van der Waals surface area (Å²) in [6.45, 7) is 4.00. The summed E-state index contributed by atoms with van der Waals surface area (Å²) in [4.78, 5) is 25.0. The quantitative estimate of drug-likeness (QED) is 0.461. The summed E-state index contributed by atoms with van der Waals surface area (Å²) in [6.07, 6.45) is 5.04. The molecule has 2 aromatic rings. The van der Waals surface area contributed by atoms with Crippen molar-refractivity contribution < 1.29 is 14.3 Å². The number of pyridine rings is 1. The van der Waals surface area contributed by atoms with E-state index in [2.05, 4.69) is 15.0 Å². The molecule has 0 amide bonds. The van der Waals surface area contributed by atoms with Gasteiger partial charge >= 0.3 is 5.97 Å². The van der Waals surface area contributed by atoms with E-state index in [9.17, 15) is 4.79 Å². The van der Waals surface area contributed by atoms with Crippen molar-refractivity contribution in [2.24, 2.45) is 0 Å². The highest BCUT2D eigenvalue weighted by Gasteiger charge is 2.27. The Hall–Kier alpha value is -1.99.